The highest BCUT2D eigenvalue weighted by Gasteiger charge is 2.37. The molecule has 0 unspecified atom stereocenters. The SMILES string of the molecule is CCCC[C@H]1C[C@H](CC2=CCNC(N)=C2)C[C@H]2C#C[C@H](c3ccccc3)c3cc(O)c(OC)cc3CCC(=O)CC(=O)[C@@H]2C1. The number of hydrogen-bond donors (Lipinski definition) is 3. The average molecular weight is 595 g/mol. The Morgan fingerprint density at radius 1 is 1.05 bits per heavy atom. The van der Waals surface area contributed by atoms with Crippen molar-refractivity contribution in [3.63, 3.8) is 0 Å². The van der Waals surface area contributed by atoms with Crippen LogP contribution in [0, 0.1) is 35.5 Å². The average Bonchev–Trinajstić information content (AvgIpc) is 3.18. The maximum atomic E-state index is 13.9. The lowest BCUT2D eigenvalue weighted by Crippen LogP contribution is -2.27. The fraction of sp³-hybridized carbons (Fsp3) is 0.474. The molecule has 1 saturated carbocycles. The molecule has 1 aliphatic heterocycles. The van der Waals surface area contributed by atoms with E-state index in [0.29, 0.717) is 29.8 Å². The number of ketones is 2. The van der Waals surface area contributed by atoms with Crippen molar-refractivity contribution < 1.29 is 19.4 Å². The van der Waals surface area contributed by atoms with Gasteiger partial charge < -0.3 is 20.9 Å². The van der Waals surface area contributed by atoms with Gasteiger partial charge in [0.1, 0.15) is 11.6 Å². The number of aromatic hydroxyl groups is 1. The van der Waals surface area contributed by atoms with Crippen LogP contribution in [0.3, 0.4) is 0 Å². The molecule has 0 spiro atoms. The number of dihydropyridines is 1. The van der Waals surface area contributed by atoms with Crippen LogP contribution in [-0.2, 0) is 16.0 Å². The molecule has 1 fully saturated rings. The molecule has 44 heavy (non-hydrogen) atoms. The molecule has 232 valence electrons. The number of unbranched alkanes of at least 4 members (excludes halogenated alkanes) is 1. The summed E-state index contributed by atoms with van der Waals surface area (Å²) in [6.45, 7) is 2.94. The number of fused-ring (bicyclic) bond motifs is 2. The maximum Gasteiger partial charge on any atom is 0.160 e. The number of rotatable bonds is 7. The topological polar surface area (TPSA) is 102 Å². The van der Waals surface area contributed by atoms with Crippen molar-refractivity contribution in [1.82, 2.24) is 5.32 Å². The van der Waals surface area contributed by atoms with Gasteiger partial charge in [-0.3, -0.25) is 9.59 Å². The Morgan fingerprint density at radius 2 is 1.86 bits per heavy atom. The number of ether oxygens (including phenoxy) is 1. The number of phenolic OH excluding ortho intramolecular Hbond substituents is 1. The number of methoxy groups -OCH3 is 1. The molecule has 4 N–H and O–H groups in total. The molecule has 0 bridgehead atoms. The zero-order valence-electron chi connectivity index (χ0n) is 26.1. The third-order valence-corrected chi connectivity index (χ3v) is 9.58. The highest BCUT2D eigenvalue weighted by molar-refractivity contribution is 6.00. The summed E-state index contributed by atoms with van der Waals surface area (Å²) < 4.78 is 5.43. The van der Waals surface area contributed by atoms with Gasteiger partial charge in [0.15, 0.2) is 11.5 Å². The Labute approximate surface area is 262 Å². The lowest BCUT2D eigenvalue weighted by Gasteiger charge is -2.24. The van der Waals surface area contributed by atoms with Crippen molar-refractivity contribution in [2.24, 2.45) is 29.4 Å². The Kier molecular flexibility index (Phi) is 10.5. The van der Waals surface area contributed by atoms with Gasteiger partial charge in [-0.15, -0.1) is 0 Å². The summed E-state index contributed by atoms with van der Waals surface area (Å²) in [5, 5.41) is 14.0. The molecule has 0 aromatic heterocycles. The first-order valence-corrected chi connectivity index (χ1v) is 16.2. The summed E-state index contributed by atoms with van der Waals surface area (Å²) in [4.78, 5) is 27.2. The number of aryl methyl sites for hydroxylation is 1. The third-order valence-electron chi connectivity index (χ3n) is 9.58. The van der Waals surface area contributed by atoms with E-state index in [1.807, 2.05) is 30.3 Å². The van der Waals surface area contributed by atoms with Gasteiger partial charge in [0.2, 0.25) is 0 Å². The van der Waals surface area contributed by atoms with Crippen LogP contribution in [0.5, 0.6) is 11.5 Å². The molecular formula is C38H46N2O4. The summed E-state index contributed by atoms with van der Waals surface area (Å²) in [7, 11) is 1.52. The van der Waals surface area contributed by atoms with Crippen LogP contribution in [0.1, 0.15) is 87.3 Å². The van der Waals surface area contributed by atoms with Crippen molar-refractivity contribution >= 4 is 11.6 Å². The number of carbonyl (C=O) groups is 2. The minimum atomic E-state index is -0.319. The monoisotopic (exact) mass is 594 g/mol. The van der Waals surface area contributed by atoms with E-state index in [1.165, 1.54) is 12.7 Å². The molecule has 2 aliphatic carbocycles. The standard InChI is InChI=1S/C38H46N2O4/c1-3-4-8-25-17-27(18-26-15-16-40-38(39)21-26)19-29-12-14-32(28-9-6-5-7-10-28)33-24-36(43)37(44-2)22-30(33)11-13-31(41)23-35(42)34(29)20-25/h5-7,9-10,15,21-22,24-25,27,29,32,34,40,43H,3-4,8,11,13,16-20,23,39H2,1-2H3/t25-,27+,29+,32+,34+/m0/s1. The van der Waals surface area contributed by atoms with E-state index < -0.39 is 0 Å². The van der Waals surface area contributed by atoms with Crippen LogP contribution in [0.4, 0.5) is 0 Å². The molecule has 2 aromatic rings. The number of allylic oxidation sites excluding steroid dienone is 2. The predicted octanol–water partition coefficient (Wildman–Crippen LogP) is 6.57. The first-order valence-electron chi connectivity index (χ1n) is 16.2. The highest BCUT2D eigenvalue weighted by atomic mass is 16.5. The third kappa shape index (κ3) is 7.75. The van der Waals surface area contributed by atoms with Crippen molar-refractivity contribution in [2.75, 3.05) is 13.7 Å². The molecule has 3 aliphatic rings. The number of nitrogens with one attached hydrogen (secondary N) is 1. The van der Waals surface area contributed by atoms with Crippen LogP contribution in [-0.4, -0.2) is 30.3 Å². The number of Topliss-reactive ketones (excluding diaryl/α,β-unsaturated/α-hetero) is 2. The molecule has 5 atom stereocenters. The van der Waals surface area contributed by atoms with Gasteiger partial charge in [0.25, 0.3) is 0 Å². The summed E-state index contributed by atoms with van der Waals surface area (Å²) in [5.41, 5.74) is 10.2. The van der Waals surface area contributed by atoms with Gasteiger partial charge >= 0.3 is 0 Å². The Balaban J connectivity index is 1.60. The fourth-order valence-electron chi connectivity index (χ4n) is 7.35. The van der Waals surface area contributed by atoms with Gasteiger partial charge in [-0.2, -0.15) is 0 Å². The van der Waals surface area contributed by atoms with Crippen LogP contribution < -0.4 is 15.8 Å². The molecule has 5 rings (SSSR count). The van der Waals surface area contributed by atoms with Crippen LogP contribution in [0.2, 0.25) is 0 Å². The normalized spacial score (nSPS) is 25.7. The van der Waals surface area contributed by atoms with E-state index in [-0.39, 0.29) is 47.9 Å². The van der Waals surface area contributed by atoms with Gasteiger partial charge in [-0.25, -0.2) is 0 Å². The number of phenols is 1. The van der Waals surface area contributed by atoms with Crippen molar-refractivity contribution in [2.45, 2.75) is 77.0 Å². The zero-order valence-corrected chi connectivity index (χ0v) is 26.1. The highest BCUT2D eigenvalue weighted by Crippen LogP contribution is 2.42. The second kappa shape index (κ2) is 14.7. The second-order valence-corrected chi connectivity index (χ2v) is 12.8. The molecule has 2 aromatic carbocycles. The molecule has 0 amide bonds. The molecule has 0 radical (unpaired) electrons. The Morgan fingerprint density at radius 3 is 2.61 bits per heavy atom. The van der Waals surface area contributed by atoms with Crippen LogP contribution in [0.25, 0.3) is 0 Å². The van der Waals surface area contributed by atoms with E-state index in [1.54, 1.807) is 6.07 Å². The largest absolute Gasteiger partial charge is 0.504 e. The lowest BCUT2D eigenvalue weighted by molar-refractivity contribution is -0.130. The van der Waals surface area contributed by atoms with Gasteiger partial charge in [-0.05, 0) is 84.4 Å². The first-order chi connectivity index (χ1) is 21.3. The minimum Gasteiger partial charge on any atom is -0.504 e. The molecule has 6 heteroatoms. The van der Waals surface area contributed by atoms with E-state index in [4.69, 9.17) is 10.5 Å². The molecule has 6 nitrogen and oxygen atoms in total. The van der Waals surface area contributed by atoms with E-state index >= 15 is 0 Å². The first kappa shape index (κ1) is 31.4. The maximum absolute atomic E-state index is 13.9. The zero-order chi connectivity index (χ0) is 31.1. The Hall–Kier alpha value is -3.98. The van der Waals surface area contributed by atoms with Gasteiger partial charge in [-0.1, -0.05) is 74.4 Å². The van der Waals surface area contributed by atoms with E-state index in [0.717, 1.165) is 68.2 Å². The van der Waals surface area contributed by atoms with Crippen molar-refractivity contribution in [1.29, 1.82) is 0 Å². The molecular weight excluding hydrogens is 548 g/mol. The van der Waals surface area contributed by atoms with Crippen molar-refractivity contribution in [3.05, 3.63) is 82.7 Å². The van der Waals surface area contributed by atoms with Gasteiger partial charge in [0.05, 0.1) is 25.3 Å². The number of benzene rings is 2. The lowest BCUT2D eigenvalue weighted by atomic mass is 9.78. The second-order valence-electron chi connectivity index (χ2n) is 12.8. The Bertz CT molecular complexity index is 1460. The summed E-state index contributed by atoms with van der Waals surface area (Å²) in [6.07, 6.45) is 11.8. The van der Waals surface area contributed by atoms with E-state index in [9.17, 15) is 14.7 Å². The van der Waals surface area contributed by atoms with E-state index in [2.05, 4.69) is 42.3 Å². The molecule has 1 heterocycles. The van der Waals surface area contributed by atoms with Crippen molar-refractivity contribution in [3.8, 4) is 23.3 Å². The predicted molar refractivity (Wildman–Crippen MR) is 174 cm³/mol. The molecule has 0 saturated heterocycles. The quantitative estimate of drug-likeness (QED) is 0.248. The van der Waals surface area contributed by atoms with Gasteiger partial charge in [0, 0.05) is 24.8 Å². The summed E-state index contributed by atoms with van der Waals surface area (Å²) in [5.74, 6) is 8.44. The summed E-state index contributed by atoms with van der Waals surface area (Å²) >= 11 is 0. The van der Waals surface area contributed by atoms with Crippen LogP contribution >= 0.6 is 0 Å². The smallest absolute Gasteiger partial charge is 0.160 e. The van der Waals surface area contributed by atoms with Crippen LogP contribution in [0.15, 0.2) is 66.0 Å². The fourth-order valence-corrected chi connectivity index (χ4v) is 7.35. The summed E-state index contributed by atoms with van der Waals surface area (Å²) in [6, 6.07) is 13.7. The number of carbonyl (C=O) groups excluding carboxylic acids is 2. The number of hydrogen-bond acceptors (Lipinski definition) is 6. The minimum absolute atomic E-state index is 0.0390. The number of nitrogens with two attached hydrogens (primary N) is 1.